The van der Waals surface area contributed by atoms with Crippen LogP contribution in [-0.2, 0) is 13.1 Å². The van der Waals surface area contributed by atoms with Crippen LogP contribution in [0.4, 0.5) is 16.3 Å². The molecule has 6 rings (SSSR count). The first-order chi connectivity index (χ1) is 17.1. The standard InChI is InChI=1S/C25H27ClN8O/c26-20-12-27-7-5-22(20)31-25(35)34-13-16-2-1-15(9-18(16)14-34)24-28-8-6-23(32-24)30-19-3-4-21-17(10-19)11-29-33-21/h1-2,5-9,12,17,19,21,29,33H,3-4,10-11,13-14H2,(H,27,31,35)(H,28,30,32). The highest BCUT2D eigenvalue weighted by Gasteiger charge is 2.33. The predicted octanol–water partition coefficient (Wildman–Crippen LogP) is 3.80. The monoisotopic (exact) mass is 490 g/mol. The van der Waals surface area contributed by atoms with Gasteiger partial charge in [-0.15, -0.1) is 0 Å². The Morgan fingerprint density at radius 3 is 2.94 bits per heavy atom. The zero-order valence-electron chi connectivity index (χ0n) is 19.2. The van der Waals surface area contributed by atoms with Gasteiger partial charge >= 0.3 is 6.03 Å². The molecule has 4 N–H and O–H groups in total. The van der Waals surface area contributed by atoms with Crippen molar-refractivity contribution in [2.24, 2.45) is 5.92 Å². The van der Waals surface area contributed by atoms with Gasteiger partial charge in [0.2, 0.25) is 0 Å². The highest BCUT2D eigenvalue weighted by molar-refractivity contribution is 6.33. The molecular weight excluding hydrogens is 464 g/mol. The number of pyridine rings is 1. The zero-order chi connectivity index (χ0) is 23.8. The summed E-state index contributed by atoms with van der Waals surface area (Å²) in [6.45, 7) is 2.08. The molecule has 1 aromatic carbocycles. The summed E-state index contributed by atoms with van der Waals surface area (Å²) < 4.78 is 0. The van der Waals surface area contributed by atoms with Gasteiger partial charge in [0.25, 0.3) is 0 Å². The van der Waals surface area contributed by atoms with Gasteiger partial charge in [0.15, 0.2) is 5.82 Å². The molecule has 3 atom stereocenters. The Morgan fingerprint density at radius 1 is 1.11 bits per heavy atom. The Labute approximate surface area is 208 Å². The second-order valence-electron chi connectivity index (χ2n) is 9.44. The number of nitrogens with zero attached hydrogens (tertiary/aromatic N) is 4. The topological polar surface area (TPSA) is 107 Å². The van der Waals surface area contributed by atoms with E-state index in [1.807, 2.05) is 12.1 Å². The van der Waals surface area contributed by atoms with Crippen molar-refractivity contribution in [1.29, 1.82) is 0 Å². The molecule has 2 aromatic heterocycles. The number of anilines is 2. The van der Waals surface area contributed by atoms with Gasteiger partial charge in [0.1, 0.15) is 5.82 Å². The molecule has 35 heavy (non-hydrogen) atoms. The number of rotatable bonds is 4. The quantitative estimate of drug-likeness (QED) is 0.440. The van der Waals surface area contributed by atoms with Crippen LogP contribution < -0.4 is 21.5 Å². The molecule has 3 aliphatic rings. The molecule has 1 saturated carbocycles. The summed E-state index contributed by atoms with van der Waals surface area (Å²) in [5, 5.41) is 6.90. The number of nitrogens with one attached hydrogen (secondary N) is 4. The first kappa shape index (κ1) is 22.2. The van der Waals surface area contributed by atoms with E-state index in [9.17, 15) is 4.79 Å². The molecule has 2 aliphatic heterocycles. The minimum Gasteiger partial charge on any atom is -0.367 e. The lowest BCUT2D eigenvalue weighted by Crippen LogP contribution is -2.39. The van der Waals surface area contributed by atoms with E-state index >= 15 is 0 Å². The van der Waals surface area contributed by atoms with E-state index in [4.69, 9.17) is 16.6 Å². The van der Waals surface area contributed by atoms with E-state index in [0.717, 1.165) is 48.3 Å². The molecular formula is C25H27ClN8O. The van der Waals surface area contributed by atoms with Crippen LogP contribution >= 0.6 is 11.6 Å². The number of hydrogen-bond acceptors (Lipinski definition) is 7. The summed E-state index contributed by atoms with van der Waals surface area (Å²) >= 11 is 6.13. The van der Waals surface area contributed by atoms with E-state index < -0.39 is 0 Å². The molecule has 0 bridgehead atoms. The van der Waals surface area contributed by atoms with Gasteiger partial charge in [-0.25, -0.2) is 14.8 Å². The second kappa shape index (κ2) is 9.41. The number of benzene rings is 1. The smallest absolute Gasteiger partial charge is 0.322 e. The van der Waals surface area contributed by atoms with Crippen LogP contribution in [0, 0.1) is 5.92 Å². The van der Waals surface area contributed by atoms with Crippen LogP contribution in [0.3, 0.4) is 0 Å². The second-order valence-corrected chi connectivity index (χ2v) is 9.84. The maximum Gasteiger partial charge on any atom is 0.322 e. The van der Waals surface area contributed by atoms with E-state index in [1.54, 1.807) is 23.4 Å². The summed E-state index contributed by atoms with van der Waals surface area (Å²) in [5.41, 5.74) is 10.4. The fraction of sp³-hybridized carbons (Fsp3) is 0.360. The van der Waals surface area contributed by atoms with E-state index in [-0.39, 0.29) is 6.03 Å². The third-order valence-corrected chi connectivity index (χ3v) is 7.43. The van der Waals surface area contributed by atoms with Crippen LogP contribution in [0.25, 0.3) is 11.4 Å². The van der Waals surface area contributed by atoms with Crippen molar-refractivity contribution < 1.29 is 4.79 Å². The number of carbonyl (C=O) groups excluding carboxylic acids is 1. The normalized spacial score (nSPS) is 23.0. The predicted molar refractivity (Wildman–Crippen MR) is 135 cm³/mol. The fourth-order valence-corrected chi connectivity index (χ4v) is 5.43. The van der Waals surface area contributed by atoms with Gasteiger partial charge in [-0.1, -0.05) is 23.7 Å². The molecule has 4 heterocycles. The molecule has 10 heteroatoms. The van der Waals surface area contributed by atoms with Crippen molar-refractivity contribution in [2.45, 2.75) is 44.4 Å². The third kappa shape index (κ3) is 4.67. The molecule has 9 nitrogen and oxygen atoms in total. The van der Waals surface area contributed by atoms with Crippen molar-refractivity contribution in [2.75, 3.05) is 17.2 Å². The van der Waals surface area contributed by atoms with Crippen LogP contribution in [0.15, 0.2) is 48.9 Å². The molecule has 3 aromatic rings. The number of hydrogen-bond donors (Lipinski definition) is 4. The summed E-state index contributed by atoms with van der Waals surface area (Å²) in [6, 6.07) is 10.6. The summed E-state index contributed by atoms with van der Waals surface area (Å²) in [6.07, 6.45) is 8.33. The average Bonchev–Trinajstić information content (AvgIpc) is 3.52. The minimum atomic E-state index is -0.194. The molecule has 1 saturated heterocycles. The number of urea groups is 1. The van der Waals surface area contributed by atoms with Crippen LogP contribution in [0.2, 0.25) is 5.02 Å². The summed E-state index contributed by atoms with van der Waals surface area (Å²) in [7, 11) is 0. The number of carbonyl (C=O) groups is 1. The maximum absolute atomic E-state index is 12.8. The van der Waals surface area contributed by atoms with Crippen molar-refractivity contribution >= 4 is 29.1 Å². The van der Waals surface area contributed by atoms with Crippen molar-refractivity contribution in [3.05, 3.63) is 65.1 Å². The van der Waals surface area contributed by atoms with Crippen LogP contribution in [0.5, 0.6) is 0 Å². The van der Waals surface area contributed by atoms with Gasteiger partial charge in [-0.2, -0.15) is 0 Å². The first-order valence-corrected chi connectivity index (χ1v) is 12.4. The van der Waals surface area contributed by atoms with Gasteiger partial charge in [0, 0.05) is 55.9 Å². The first-order valence-electron chi connectivity index (χ1n) is 12.0. The number of fused-ring (bicyclic) bond motifs is 2. The Balaban J connectivity index is 1.13. The molecule has 2 amide bonds. The highest BCUT2D eigenvalue weighted by Crippen LogP contribution is 2.30. The third-order valence-electron chi connectivity index (χ3n) is 7.13. The Hall–Kier alpha value is -3.27. The molecule has 1 aliphatic carbocycles. The Kier molecular flexibility index (Phi) is 5.97. The maximum atomic E-state index is 12.8. The van der Waals surface area contributed by atoms with Gasteiger partial charge in [-0.05, 0) is 54.5 Å². The number of hydrazine groups is 1. The fourth-order valence-electron chi connectivity index (χ4n) is 5.27. The minimum absolute atomic E-state index is 0.194. The van der Waals surface area contributed by atoms with Crippen molar-refractivity contribution in [3.63, 3.8) is 0 Å². The lowest BCUT2D eigenvalue weighted by atomic mass is 9.83. The summed E-state index contributed by atoms with van der Waals surface area (Å²) in [4.78, 5) is 27.8. The zero-order valence-corrected chi connectivity index (χ0v) is 19.9. The molecule has 0 spiro atoms. The van der Waals surface area contributed by atoms with Gasteiger partial charge < -0.3 is 15.5 Å². The lowest BCUT2D eigenvalue weighted by Gasteiger charge is -2.31. The SMILES string of the molecule is O=C(Nc1ccncc1Cl)N1Cc2ccc(-c3nccc(NC4CCC5NNCC5C4)n3)cc2C1. The highest BCUT2D eigenvalue weighted by atomic mass is 35.5. The number of halogens is 1. The van der Waals surface area contributed by atoms with Crippen molar-refractivity contribution in [1.82, 2.24) is 30.7 Å². The largest absolute Gasteiger partial charge is 0.367 e. The molecule has 0 radical (unpaired) electrons. The van der Waals surface area contributed by atoms with E-state index in [0.29, 0.717) is 47.6 Å². The lowest BCUT2D eigenvalue weighted by molar-refractivity contribution is 0.212. The van der Waals surface area contributed by atoms with E-state index in [1.165, 1.54) is 6.20 Å². The van der Waals surface area contributed by atoms with Crippen LogP contribution in [-0.4, -0.2) is 44.5 Å². The number of aromatic nitrogens is 3. The van der Waals surface area contributed by atoms with Gasteiger partial charge in [0.05, 0.1) is 10.7 Å². The summed E-state index contributed by atoms with van der Waals surface area (Å²) in [5.74, 6) is 2.20. The number of amides is 2. The molecule has 3 unspecified atom stereocenters. The molecule has 180 valence electrons. The Bertz CT molecular complexity index is 1250. The Morgan fingerprint density at radius 2 is 2.03 bits per heavy atom. The van der Waals surface area contributed by atoms with Crippen LogP contribution in [0.1, 0.15) is 30.4 Å². The average molecular weight is 491 g/mol. The van der Waals surface area contributed by atoms with E-state index in [2.05, 4.69) is 43.6 Å². The molecule has 2 fully saturated rings. The van der Waals surface area contributed by atoms with Gasteiger partial charge in [-0.3, -0.25) is 15.8 Å². The van der Waals surface area contributed by atoms with Crippen molar-refractivity contribution in [3.8, 4) is 11.4 Å².